The maximum absolute atomic E-state index is 12.5. The number of halogens is 2. The molecular weight excluding hydrogens is 436 g/mol. The third-order valence-corrected chi connectivity index (χ3v) is 5.48. The molecule has 1 aliphatic rings. The topological polar surface area (TPSA) is 57.3 Å². The smallest absolute Gasteiger partial charge is 0.387 e. The number of thiazole rings is 1. The molecule has 3 aromatic rings. The number of aromatic nitrogens is 1. The minimum absolute atomic E-state index is 0.0954. The first-order chi connectivity index (χ1) is 15.5. The number of nitrogens with zero attached hydrogens (tertiary/aromatic N) is 3. The van der Waals surface area contributed by atoms with Gasteiger partial charge < -0.3 is 14.2 Å². The summed E-state index contributed by atoms with van der Waals surface area (Å²) in [6.45, 7) is 4.23. The summed E-state index contributed by atoms with van der Waals surface area (Å²) in [5.41, 5.74) is 3.20. The molecule has 0 saturated carbocycles. The van der Waals surface area contributed by atoms with E-state index >= 15 is 0 Å². The molecule has 0 atom stereocenters. The number of hydrogen-bond acceptors (Lipinski definition) is 6. The van der Waals surface area contributed by atoms with E-state index in [0.717, 1.165) is 22.5 Å². The van der Waals surface area contributed by atoms with Crippen LogP contribution in [0.25, 0.3) is 11.3 Å². The average Bonchev–Trinajstić information content (AvgIpc) is 3.19. The Morgan fingerprint density at radius 3 is 2.66 bits per heavy atom. The summed E-state index contributed by atoms with van der Waals surface area (Å²) in [4.78, 5) is 5.22. The molecule has 0 spiro atoms. The van der Waals surface area contributed by atoms with Crippen molar-refractivity contribution < 1.29 is 23.0 Å². The van der Waals surface area contributed by atoms with Crippen LogP contribution >= 0.6 is 11.3 Å². The Morgan fingerprint density at radius 1 is 1.19 bits per heavy atom. The molecule has 1 aliphatic heterocycles. The van der Waals surface area contributed by atoms with Gasteiger partial charge in [-0.1, -0.05) is 6.08 Å². The monoisotopic (exact) mass is 457 g/mol. The van der Waals surface area contributed by atoms with Gasteiger partial charge in [-0.3, -0.25) is 4.99 Å². The van der Waals surface area contributed by atoms with E-state index in [-0.39, 0.29) is 5.75 Å². The maximum atomic E-state index is 12.5. The lowest BCUT2D eigenvalue weighted by atomic mass is 10.1. The van der Waals surface area contributed by atoms with Crippen molar-refractivity contribution in [1.29, 1.82) is 0 Å². The fraction of sp³-hybridized carbons (Fsp3) is 0.217. The molecule has 0 unspecified atom stereocenters. The van der Waals surface area contributed by atoms with E-state index in [1.807, 2.05) is 30.5 Å². The second-order valence-electron chi connectivity index (χ2n) is 6.79. The highest BCUT2D eigenvalue weighted by Crippen LogP contribution is 2.31. The number of ether oxygens (including phenoxy) is 3. The van der Waals surface area contributed by atoms with Gasteiger partial charge in [0.1, 0.15) is 19.0 Å². The van der Waals surface area contributed by atoms with E-state index in [9.17, 15) is 8.78 Å². The first-order valence-electron chi connectivity index (χ1n) is 9.88. The molecule has 4 rings (SSSR count). The van der Waals surface area contributed by atoms with E-state index in [4.69, 9.17) is 14.6 Å². The average molecular weight is 458 g/mol. The maximum Gasteiger partial charge on any atom is 0.387 e. The van der Waals surface area contributed by atoms with Crippen LogP contribution in [0.1, 0.15) is 12.5 Å². The Labute approximate surface area is 187 Å². The molecule has 32 heavy (non-hydrogen) atoms. The third-order valence-electron chi connectivity index (χ3n) is 4.63. The van der Waals surface area contributed by atoms with Crippen LogP contribution < -0.4 is 19.0 Å². The van der Waals surface area contributed by atoms with E-state index in [2.05, 4.69) is 16.3 Å². The zero-order chi connectivity index (χ0) is 22.5. The summed E-state index contributed by atoms with van der Waals surface area (Å²) >= 11 is 1.43. The SMILES string of the molecule is C=CCN=c1scc(-c2ccc(OC(F)F)cc2)n1/N=C(\C)c1ccc2c(c1)OCCO2. The van der Waals surface area contributed by atoms with Crippen molar-refractivity contribution in [1.82, 2.24) is 4.68 Å². The number of alkyl halides is 2. The molecule has 0 bridgehead atoms. The van der Waals surface area contributed by atoms with Gasteiger partial charge in [0.05, 0.1) is 18.0 Å². The van der Waals surface area contributed by atoms with E-state index in [0.29, 0.717) is 36.1 Å². The van der Waals surface area contributed by atoms with Gasteiger partial charge in [0.25, 0.3) is 0 Å². The summed E-state index contributed by atoms with van der Waals surface area (Å²) < 4.78 is 42.4. The Kier molecular flexibility index (Phi) is 6.65. The Hall–Kier alpha value is -3.46. The van der Waals surface area contributed by atoms with Gasteiger partial charge in [0.15, 0.2) is 11.5 Å². The molecular formula is C23H21F2N3O3S. The predicted octanol–water partition coefficient (Wildman–Crippen LogP) is 4.95. The van der Waals surface area contributed by atoms with E-state index in [1.54, 1.807) is 22.9 Å². The molecule has 2 aromatic carbocycles. The summed E-state index contributed by atoms with van der Waals surface area (Å²) in [7, 11) is 0. The van der Waals surface area contributed by atoms with Crippen molar-refractivity contribution in [3.63, 3.8) is 0 Å². The number of rotatable bonds is 7. The lowest BCUT2D eigenvalue weighted by Gasteiger charge is -2.18. The molecule has 0 fully saturated rings. The molecule has 0 saturated heterocycles. The van der Waals surface area contributed by atoms with Crippen molar-refractivity contribution in [2.75, 3.05) is 19.8 Å². The summed E-state index contributed by atoms with van der Waals surface area (Å²) in [6, 6.07) is 12.1. The lowest BCUT2D eigenvalue weighted by Crippen LogP contribution is -2.16. The summed E-state index contributed by atoms with van der Waals surface area (Å²) in [5, 5.41) is 6.73. The van der Waals surface area contributed by atoms with E-state index in [1.165, 1.54) is 23.5 Å². The number of fused-ring (bicyclic) bond motifs is 1. The normalized spacial score (nSPS) is 14.0. The van der Waals surface area contributed by atoms with Crippen LogP contribution in [-0.4, -0.2) is 36.8 Å². The quantitative estimate of drug-likeness (QED) is 0.373. The lowest BCUT2D eigenvalue weighted by molar-refractivity contribution is -0.0498. The van der Waals surface area contributed by atoms with Gasteiger partial charge in [-0.15, -0.1) is 17.9 Å². The molecule has 1 aromatic heterocycles. The molecule has 0 aliphatic carbocycles. The highest BCUT2D eigenvalue weighted by atomic mass is 32.1. The standard InChI is InChI=1S/C23H21F2N3O3S/c1-3-10-26-23-28(19(14-32-23)16-4-7-18(8-5-16)31-22(24)25)27-15(2)17-6-9-20-21(13-17)30-12-11-29-20/h3-9,13-14,22H,1,10-12H2,2H3/b26-23?,27-15+. The van der Waals surface area contributed by atoms with Crippen LogP contribution in [0.2, 0.25) is 0 Å². The molecule has 9 heteroatoms. The van der Waals surface area contributed by atoms with Crippen molar-refractivity contribution >= 4 is 17.0 Å². The predicted molar refractivity (Wildman–Crippen MR) is 120 cm³/mol. The van der Waals surface area contributed by atoms with Crippen LogP contribution in [0, 0.1) is 0 Å². The first-order valence-corrected chi connectivity index (χ1v) is 10.8. The van der Waals surface area contributed by atoms with Crippen molar-refractivity contribution in [2.45, 2.75) is 13.5 Å². The highest BCUT2D eigenvalue weighted by molar-refractivity contribution is 7.07. The van der Waals surface area contributed by atoms with E-state index < -0.39 is 6.61 Å². The van der Waals surface area contributed by atoms with Crippen molar-refractivity contribution in [3.8, 4) is 28.5 Å². The minimum Gasteiger partial charge on any atom is -0.486 e. The van der Waals surface area contributed by atoms with Gasteiger partial charge in [0.2, 0.25) is 4.80 Å². The Bertz CT molecular complexity index is 1200. The molecule has 166 valence electrons. The molecule has 6 nitrogen and oxygen atoms in total. The molecule has 0 N–H and O–H groups in total. The summed E-state index contributed by atoms with van der Waals surface area (Å²) in [6.07, 6.45) is 1.71. The first kappa shape index (κ1) is 21.8. The highest BCUT2D eigenvalue weighted by Gasteiger charge is 2.14. The van der Waals surface area contributed by atoms with Gasteiger partial charge in [0, 0.05) is 16.5 Å². The molecule has 0 amide bonds. The van der Waals surface area contributed by atoms with Crippen LogP contribution in [0.4, 0.5) is 8.78 Å². The minimum atomic E-state index is -2.87. The van der Waals surface area contributed by atoms with Crippen molar-refractivity contribution in [3.05, 3.63) is 70.9 Å². The third kappa shape index (κ3) is 4.88. The fourth-order valence-corrected chi connectivity index (χ4v) is 3.97. The van der Waals surface area contributed by atoms with Crippen LogP contribution in [0.15, 0.2) is 70.6 Å². The van der Waals surface area contributed by atoms with Gasteiger partial charge in [-0.2, -0.15) is 13.9 Å². The zero-order valence-electron chi connectivity index (χ0n) is 17.3. The molecule has 2 heterocycles. The Morgan fingerprint density at radius 2 is 1.94 bits per heavy atom. The fourth-order valence-electron chi connectivity index (χ4n) is 3.13. The van der Waals surface area contributed by atoms with Gasteiger partial charge in [-0.25, -0.2) is 4.68 Å². The van der Waals surface area contributed by atoms with Crippen LogP contribution in [0.5, 0.6) is 17.2 Å². The van der Waals surface area contributed by atoms with Gasteiger partial charge >= 0.3 is 6.61 Å². The van der Waals surface area contributed by atoms with Crippen molar-refractivity contribution in [2.24, 2.45) is 10.1 Å². The Balaban J connectivity index is 1.73. The van der Waals surface area contributed by atoms with Crippen LogP contribution in [0.3, 0.4) is 0 Å². The second kappa shape index (κ2) is 9.78. The molecule has 0 radical (unpaired) electrons. The van der Waals surface area contributed by atoms with Gasteiger partial charge in [-0.05, 0) is 49.4 Å². The number of hydrogen-bond donors (Lipinski definition) is 0. The van der Waals surface area contributed by atoms with Crippen LogP contribution in [-0.2, 0) is 0 Å². The summed E-state index contributed by atoms with van der Waals surface area (Å²) in [5.74, 6) is 1.49. The largest absolute Gasteiger partial charge is 0.486 e. The second-order valence-corrected chi connectivity index (χ2v) is 7.63. The number of benzene rings is 2. The zero-order valence-corrected chi connectivity index (χ0v) is 18.1.